The smallest absolute Gasteiger partial charge is 0.394 e. The molecule has 0 radical (unpaired) electrons. The van der Waals surface area contributed by atoms with Crippen molar-refractivity contribution < 1.29 is 67.3 Å². The Bertz CT molecular complexity index is 1070. The fourth-order valence-corrected chi connectivity index (χ4v) is 5.30. The van der Waals surface area contributed by atoms with Crippen LogP contribution in [0.25, 0.3) is 0 Å². The summed E-state index contributed by atoms with van der Waals surface area (Å²) in [5, 5.41) is 46.4. The molecule has 1 aromatic rings. The lowest BCUT2D eigenvalue weighted by atomic mass is 10.0. The number of aliphatic hydroxyl groups excluding tert-OH is 5. The number of nitrogens with one attached hydrogen (secondary N) is 1. The van der Waals surface area contributed by atoms with Gasteiger partial charge in [-0.05, 0) is 0 Å². The zero-order valence-electron chi connectivity index (χ0n) is 18.1. The van der Waals surface area contributed by atoms with Gasteiger partial charge in [-0.15, -0.1) is 0 Å². The number of H-pyrrole nitrogens is 1. The molecule has 1 aliphatic heterocycles. The third kappa shape index (κ3) is 8.80. The summed E-state index contributed by atoms with van der Waals surface area (Å²) in [6.07, 6.45) is -8.89. The summed E-state index contributed by atoms with van der Waals surface area (Å²) in [5.74, 6) is 0. The molecule has 0 saturated carbocycles. The van der Waals surface area contributed by atoms with E-state index in [-0.39, 0.29) is 0 Å². The standard InChI is InChI=1S/C15H26N2O16P2S/c18-3-7(20)9(29-6-17-2-1-10(21)16-15(17)24)5-30-34(25,26)33-35(27,28)32-14-13(36)12(23)11(22)8(4-19)31-14/h1-2,7-9,11-14,18-20,22-23,36H,3-6H2,(H,25,26)(H,27,28)(H,16,21,24)/t7?,8?,9-,11-,12?,13?,14-/m1/s1. The van der Waals surface area contributed by atoms with Crippen molar-refractivity contribution in [2.75, 3.05) is 19.8 Å². The number of phosphoric acid groups is 2. The summed E-state index contributed by atoms with van der Waals surface area (Å²) in [5.41, 5.74) is -1.58. The van der Waals surface area contributed by atoms with Crippen LogP contribution in [0, 0.1) is 0 Å². The van der Waals surface area contributed by atoms with Crippen LogP contribution in [0.2, 0.25) is 0 Å². The first kappa shape index (κ1) is 31.2. The van der Waals surface area contributed by atoms with Gasteiger partial charge in [0.2, 0.25) is 0 Å². The Hall–Kier alpha value is -0.990. The zero-order valence-corrected chi connectivity index (χ0v) is 20.8. The largest absolute Gasteiger partial charge is 0.483 e. The molecule has 2 heterocycles. The molecule has 1 aliphatic rings. The van der Waals surface area contributed by atoms with Crippen molar-refractivity contribution in [1.29, 1.82) is 0 Å². The summed E-state index contributed by atoms with van der Waals surface area (Å²) in [7, 11) is -10.9. The minimum Gasteiger partial charge on any atom is -0.394 e. The van der Waals surface area contributed by atoms with E-state index in [0.29, 0.717) is 0 Å². The van der Waals surface area contributed by atoms with E-state index < -0.39 is 95.5 Å². The molecule has 2 rings (SSSR count). The molecule has 0 spiro atoms. The fraction of sp³-hybridized carbons (Fsp3) is 0.733. The van der Waals surface area contributed by atoms with Crippen molar-refractivity contribution in [3.05, 3.63) is 33.1 Å². The molecule has 1 saturated heterocycles. The third-order valence-electron chi connectivity index (χ3n) is 4.63. The second-order valence-corrected chi connectivity index (χ2v) is 10.9. The maximum absolute atomic E-state index is 12.2. The van der Waals surface area contributed by atoms with E-state index in [1.54, 1.807) is 0 Å². The van der Waals surface area contributed by atoms with Crippen LogP contribution in [0.1, 0.15) is 0 Å². The highest BCUT2D eigenvalue weighted by Gasteiger charge is 2.47. The van der Waals surface area contributed by atoms with E-state index in [1.807, 2.05) is 4.98 Å². The van der Waals surface area contributed by atoms with Crippen molar-refractivity contribution in [2.24, 2.45) is 0 Å². The Kier molecular flexibility index (Phi) is 11.4. The van der Waals surface area contributed by atoms with Crippen LogP contribution < -0.4 is 11.2 Å². The van der Waals surface area contributed by atoms with Crippen LogP contribution in [-0.4, -0.2) is 107 Å². The molecule has 9 atom stereocenters. The zero-order chi connectivity index (χ0) is 27.3. The number of rotatable bonds is 13. The number of hydrogen-bond donors (Lipinski definition) is 9. The van der Waals surface area contributed by atoms with Crippen molar-refractivity contribution in [3.8, 4) is 0 Å². The lowest BCUT2D eigenvalue weighted by molar-refractivity contribution is -0.228. The minimum absolute atomic E-state index is 0.610. The minimum atomic E-state index is -5.49. The Morgan fingerprint density at radius 2 is 1.83 bits per heavy atom. The van der Waals surface area contributed by atoms with Gasteiger partial charge in [-0.3, -0.25) is 23.4 Å². The first-order chi connectivity index (χ1) is 16.7. The molecule has 21 heteroatoms. The number of ether oxygens (including phenoxy) is 2. The van der Waals surface area contributed by atoms with Gasteiger partial charge in [0.05, 0.1) is 31.2 Å². The summed E-state index contributed by atoms with van der Waals surface area (Å²) >= 11 is 3.88. The topological polar surface area (TPSA) is 277 Å². The molecule has 1 aromatic heterocycles. The Balaban J connectivity index is 2.01. The van der Waals surface area contributed by atoms with Gasteiger partial charge >= 0.3 is 21.3 Å². The molecule has 0 bridgehead atoms. The molecule has 208 valence electrons. The lowest BCUT2D eigenvalue weighted by Crippen LogP contribution is -2.57. The first-order valence-corrected chi connectivity index (χ1v) is 13.4. The average molecular weight is 584 g/mol. The van der Waals surface area contributed by atoms with E-state index >= 15 is 0 Å². The summed E-state index contributed by atoms with van der Waals surface area (Å²) < 4.78 is 48.7. The van der Waals surface area contributed by atoms with Crippen LogP contribution in [0.3, 0.4) is 0 Å². The molecule has 18 nitrogen and oxygen atoms in total. The Labute approximate surface area is 207 Å². The number of aromatic amines is 1. The third-order valence-corrected chi connectivity index (χ3v) is 7.78. The van der Waals surface area contributed by atoms with Gasteiger partial charge in [0.25, 0.3) is 5.56 Å². The van der Waals surface area contributed by atoms with Crippen LogP contribution in [0.4, 0.5) is 0 Å². The van der Waals surface area contributed by atoms with E-state index in [9.17, 15) is 48.9 Å². The van der Waals surface area contributed by atoms with Gasteiger partial charge in [0.1, 0.15) is 31.1 Å². The SMILES string of the molecule is O=c1ccn(CO[C@H](COP(=O)(O)OP(=O)(O)O[C@H]2OC(CO)[C@@H](O)C(O)C2S)C(O)CO)c(=O)[nH]1. The first-order valence-electron chi connectivity index (χ1n) is 9.90. The van der Waals surface area contributed by atoms with Gasteiger partial charge in [0.15, 0.2) is 6.29 Å². The number of phosphoric ester groups is 2. The molecule has 0 aromatic carbocycles. The maximum Gasteiger partial charge on any atom is 0.483 e. The average Bonchev–Trinajstić information content (AvgIpc) is 2.79. The molecular formula is C15H26N2O16P2S. The van der Waals surface area contributed by atoms with Crippen molar-refractivity contribution in [3.63, 3.8) is 0 Å². The lowest BCUT2D eigenvalue weighted by Gasteiger charge is -2.40. The van der Waals surface area contributed by atoms with Crippen molar-refractivity contribution >= 4 is 28.3 Å². The predicted molar refractivity (Wildman–Crippen MR) is 118 cm³/mol. The molecule has 8 N–H and O–H groups in total. The highest BCUT2D eigenvalue weighted by molar-refractivity contribution is 7.81. The second-order valence-electron chi connectivity index (χ2n) is 7.28. The van der Waals surface area contributed by atoms with Crippen LogP contribution in [-0.2, 0) is 38.7 Å². The fourth-order valence-electron chi connectivity index (χ4n) is 2.74. The van der Waals surface area contributed by atoms with Crippen molar-refractivity contribution in [2.45, 2.75) is 48.8 Å². The number of aliphatic hydroxyl groups is 5. The monoisotopic (exact) mass is 584 g/mol. The van der Waals surface area contributed by atoms with E-state index in [0.717, 1.165) is 16.8 Å². The van der Waals surface area contributed by atoms with Gasteiger partial charge in [0, 0.05) is 12.3 Å². The van der Waals surface area contributed by atoms with Crippen molar-refractivity contribution in [1.82, 2.24) is 9.55 Å². The number of hydrogen-bond acceptors (Lipinski definition) is 15. The predicted octanol–water partition coefficient (Wildman–Crippen LogP) is -3.78. The Morgan fingerprint density at radius 1 is 1.17 bits per heavy atom. The van der Waals surface area contributed by atoms with Gasteiger partial charge in [-0.25, -0.2) is 13.9 Å². The van der Waals surface area contributed by atoms with Gasteiger partial charge in [-0.2, -0.15) is 16.9 Å². The van der Waals surface area contributed by atoms with Gasteiger partial charge < -0.3 is 44.8 Å². The summed E-state index contributed by atoms with van der Waals surface area (Å²) in [4.78, 5) is 44.4. The molecule has 1 fully saturated rings. The molecule has 0 amide bonds. The number of nitrogens with zero attached hydrogens (tertiary/aromatic N) is 1. The number of thiol groups is 1. The highest BCUT2D eigenvalue weighted by atomic mass is 32.1. The quantitative estimate of drug-likeness (QED) is 0.0794. The summed E-state index contributed by atoms with van der Waals surface area (Å²) in [6, 6.07) is 0.987. The van der Waals surface area contributed by atoms with E-state index in [1.165, 1.54) is 0 Å². The van der Waals surface area contributed by atoms with E-state index in [4.69, 9.17) is 14.6 Å². The van der Waals surface area contributed by atoms with Crippen LogP contribution in [0.5, 0.6) is 0 Å². The number of aromatic nitrogens is 2. The second kappa shape index (κ2) is 13.2. The highest BCUT2D eigenvalue weighted by Crippen LogP contribution is 2.61. The molecule has 36 heavy (non-hydrogen) atoms. The van der Waals surface area contributed by atoms with Crippen LogP contribution in [0.15, 0.2) is 21.9 Å². The maximum atomic E-state index is 12.2. The van der Waals surface area contributed by atoms with Crippen LogP contribution >= 0.6 is 28.3 Å². The summed E-state index contributed by atoms with van der Waals surface area (Å²) in [6.45, 7) is -3.37. The molecule has 0 aliphatic carbocycles. The molecule has 6 unspecified atom stereocenters. The Morgan fingerprint density at radius 3 is 2.42 bits per heavy atom. The normalized spacial score (nSPS) is 29.7. The molecular weight excluding hydrogens is 558 g/mol. The van der Waals surface area contributed by atoms with E-state index in [2.05, 4.69) is 26.0 Å². The van der Waals surface area contributed by atoms with Gasteiger partial charge in [-0.1, -0.05) is 0 Å².